The van der Waals surface area contributed by atoms with Gasteiger partial charge in [0.15, 0.2) is 0 Å². The molecule has 5 heteroatoms. The van der Waals surface area contributed by atoms with Crippen LogP contribution >= 0.6 is 0 Å². The number of aromatic amines is 1. The summed E-state index contributed by atoms with van der Waals surface area (Å²) in [4.78, 5) is 24.9. The van der Waals surface area contributed by atoms with E-state index in [1.165, 1.54) is 18.3 Å². The first-order chi connectivity index (χ1) is 6.65. The lowest BCUT2D eigenvalue weighted by atomic mass is 10.2. The Morgan fingerprint density at radius 3 is 3.07 bits per heavy atom. The van der Waals surface area contributed by atoms with Crippen LogP contribution in [0, 0.1) is 0 Å². The van der Waals surface area contributed by atoms with Gasteiger partial charge >= 0.3 is 0 Å². The fraction of sp³-hybridized carbons (Fsp3) is 0.111. The van der Waals surface area contributed by atoms with E-state index in [2.05, 4.69) is 16.9 Å². The van der Waals surface area contributed by atoms with Gasteiger partial charge in [-0.1, -0.05) is 6.08 Å². The van der Waals surface area contributed by atoms with Crippen molar-refractivity contribution in [3.63, 3.8) is 0 Å². The summed E-state index contributed by atoms with van der Waals surface area (Å²) in [5, 5.41) is 2.48. The predicted octanol–water partition coefficient (Wildman–Crippen LogP) is -0.127. The first kappa shape index (κ1) is 10.0. The molecule has 0 unspecified atom stereocenters. The number of nitrogens with two attached hydrogens (primary N) is 1. The number of carbonyl (C=O) groups excluding carboxylic acids is 1. The van der Waals surface area contributed by atoms with Crippen molar-refractivity contribution in [1.29, 1.82) is 0 Å². The topological polar surface area (TPSA) is 88.0 Å². The maximum atomic E-state index is 11.3. The molecule has 0 fully saturated rings. The van der Waals surface area contributed by atoms with E-state index in [9.17, 15) is 9.59 Å². The highest BCUT2D eigenvalue weighted by Crippen LogP contribution is 1.98. The second kappa shape index (κ2) is 4.27. The molecule has 1 rings (SSSR count). The van der Waals surface area contributed by atoms with E-state index < -0.39 is 11.5 Å². The van der Waals surface area contributed by atoms with E-state index in [-0.39, 0.29) is 5.56 Å². The Morgan fingerprint density at radius 1 is 1.71 bits per heavy atom. The number of carbonyl (C=O) groups is 1. The molecule has 14 heavy (non-hydrogen) atoms. The van der Waals surface area contributed by atoms with Gasteiger partial charge in [0.05, 0.1) is 0 Å². The summed E-state index contributed by atoms with van der Waals surface area (Å²) in [6.45, 7) is 3.75. The maximum absolute atomic E-state index is 11.3. The fourth-order valence-corrected chi connectivity index (χ4v) is 0.929. The molecule has 0 radical (unpaired) electrons. The summed E-state index contributed by atoms with van der Waals surface area (Å²) in [5.41, 5.74) is 5.31. The standard InChI is InChI=1S/C9H11N3O2/c1-2-3-11-8(13)7-4-6(10)5-12-9(7)14/h2,4-5H,1,3,10H2,(H,11,13)(H,12,14). The number of hydrogen-bond acceptors (Lipinski definition) is 3. The third kappa shape index (κ3) is 2.22. The van der Waals surface area contributed by atoms with Crippen LogP contribution in [0.4, 0.5) is 5.69 Å². The van der Waals surface area contributed by atoms with Crippen molar-refractivity contribution in [2.45, 2.75) is 0 Å². The van der Waals surface area contributed by atoms with E-state index in [1.807, 2.05) is 0 Å². The first-order valence-corrected chi connectivity index (χ1v) is 4.02. The summed E-state index contributed by atoms with van der Waals surface area (Å²) in [7, 11) is 0. The van der Waals surface area contributed by atoms with Crippen LogP contribution in [0.5, 0.6) is 0 Å². The van der Waals surface area contributed by atoms with Gasteiger partial charge in [-0.05, 0) is 6.07 Å². The van der Waals surface area contributed by atoms with Crippen molar-refractivity contribution in [2.75, 3.05) is 12.3 Å². The third-order valence-corrected chi connectivity index (χ3v) is 1.58. The molecule has 0 spiro atoms. The van der Waals surface area contributed by atoms with Crippen LogP contribution in [0.3, 0.4) is 0 Å². The largest absolute Gasteiger partial charge is 0.398 e. The number of amides is 1. The number of H-pyrrole nitrogens is 1. The van der Waals surface area contributed by atoms with Crippen LogP contribution < -0.4 is 16.6 Å². The molecule has 0 aromatic carbocycles. The van der Waals surface area contributed by atoms with Gasteiger partial charge in [-0.15, -0.1) is 6.58 Å². The molecular formula is C9H11N3O2. The number of rotatable bonds is 3. The molecule has 1 aromatic rings. The van der Waals surface area contributed by atoms with Crippen LogP contribution in [0.25, 0.3) is 0 Å². The summed E-state index contributed by atoms with van der Waals surface area (Å²) in [6, 6.07) is 1.33. The molecule has 0 saturated carbocycles. The first-order valence-electron chi connectivity index (χ1n) is 4.02. The molecular weight excluding hydrogens is 182 g/mol. The normalized spacial score (nSPS) is 9.43. The smallest absolute Gasteiger partial charge is 0.260 e. The Hall–Kier alpha value is -2.04. The van der Waals surface area contributed by atoms with Crippen LogP contribution in [-0.4, -0.2) is 17.4 Å². The average Bonchev–Trinajstić information content (AvgIpc) is 2.18. The molecule has 0 bridgehead atoms. The third-order valence-electron chi connectivity index (χ3n) is 1.58. The van der Waals surface area contributed by atoms with E-state index in [0.29, 0.717) is 12.2 Å². The number of hydrogen-bond donors (Lipinski definition) is 3. The Labute approximate surface area is 80.6 Å². The van der Waals surface area contributed by atoms with E-state index in [0.717, 1.165) is 0 Å². The predicted molar refractivity (Wildman–Crippen MR) is 54.0 cm³/mol. The number of pyridine rings is 1. The van der Waals surface area contributed by atoms with Gasteiger partial charge in [0.25, 0.3) is 11.5 Å². The van der Waals surface area contributed by atoms with Gasteiger partial charge in [0.2, 0.25) is 0 Å². The quantitative estimate of drug-likeness (QED) is 0.584. The molecule has 5 nitrogen and oxygen atoms in total. The summed E-state index contributed by atoms with van der Waals surface area (Å²) in [6.07, 6.45) is 2.87. The van der Waals surface area contributed by atoms with Crippen LogP contribution in [0.2, 0.25) is 0 Å². The molecule has 0 aliphatic carbocycles. The molecule has 0 aliphatic heterocycles. The molecule has 1 heterocycles. The zero-order chi connectivity index (χ0) is 10.6. The molecule has 0 atom stereocenters. The molecule has 1 aromatic heterocycles. The lowest BCUT2D eigenvalue weighted by Crippen LogP contribution is -2.29. The monoisotopic (exact) mass is 193 g/mol. The highest BCUT2D eigenvalue weighted by Gasteiger charge is 2.08. The van der Waals surface area contributed by atoms with Crippen molar-refractivity contribution in [3.05, 3.63) is 40.8 Å². The Bertz CT molecular complexity index is 409. The van der Waals surface area contributed by atoms with Gasteiger partial charge in [-0.3, -0.25) is 9.59 Å². The van der Waals surface area contributed by atoms with Crippen LogP contribution in [0.1, 0.15) is 10.4 Å². The zero-order valence-corrected chi connectivity index (χ0v) is 7.54. The lowest BCUT2D eigenvalue weighted by molar-refractivity contribution is 0.0956. The summed E-state index contributed by atoms with van der Waals surface area (Å²) in [5.74, 6) is -0.460. The van der Waals surface area contributed by atoms with Crippen LogP contribution in [0.15, 0.2) is 29.7 Å². The zero-order valence-electron chi connectivity index (χ0n) is 7.54. The average molecular weight is 193 g/mol. The van der Waals surface area contributed by atoms with E-state index in [4.69, 9.17) is 5.73 Å². The SMILES string of the molecule is C=CCNC(=O)c1cc(N)c[nH]c1=O. The van der Waals surface area contributed by atoms with E-state index >= 15 is 0 Å². The maximum Gasteiger partial charge on any atom is 0.260 e. The molecule has 74 valence electrons. The lowest BCUT2D eigenvalue weighted by Gasteiger charge is -2.01. The Morgan fingerprint density at radius 2 is 2.43 bits per heavy atom. The molecule has 1 amide bonds. The van der Waals surface area contributed by atoms with Gasteiger partial charge in [-0.25, -0.2) is 0 Å². The van der Waals surface area contributed by atoms with Gasteiger partial charge in [0, 0.05) is 18.4 Å². The van der Waals surface area contributed by atoms with Crippen molar-refractivity contribution >= 4 is 11.6 Å². The Balaban J connectivity index is 2.94. The summed E-state index contributed by atoms with van der Waals surface area (Å²) >= 11 is 0. The molecule has 0 aliphatic rings. The second-order valence-electron chi connectivity index (χ2n) is 2.67. The molecule has 0 saturated heterocycles. The number of aromatic nitrogens is 1. The molecule has 4 N–H and O–H groups in total. The van der Waals surface area contributed by atoms with Crippen molar-refractivity contribution in [2.24, 2.45) is 0 Å². The van der Waals surface area contributed by atoms with Gasteiger partial charge in [-0.2, -0.15) is 0 Å². The van der Waals surface area contributed by atoms with Gasteiger partial charge in [0.1, 0.15) is 5.56 Å². The van der Waals surface area contributed by atoms with Crippen molar-refractivity contribution in [1.82, 2.24) is 10.3 Å². The van der Waals surface area contributed by atoms with Gasteiger partial charge < -0.3 is 16.0 Å². The second-order valence-corrected chi connectivity index (χ2v) is 2.67. The number of anilines is 1. The summed E-state index contributed by atoms with van der Waals surface area (Å²) < 4.78 is 0. The minimum Gasteiger partial charge on any atom is -0.398 e. The minimum atomic E-state index is -0.460. The Kier molecular flexibility index (Phi) is 3.06. The van der Waals surface area contributed by atoms with Crippen molar-refractivity contribution in [3.8, 4) is 0 Å². The minimum absolute atomic E-state index is 0.00634. The van der Waals surface area contributed by atoms with Crippen LogP contribution in [-0.2, 0) is 0 Å². The van der Waals surface area contributed by atoms with Crippen molar-refractivity contribution < 1.29 is 4.79 Å². The van der Waals surface area contributed by atoms with E-state index in [1.54, 1.807) is 0 Å². The number of nitrogen functional groups attached to an aromatic ring is 1. The number of nitrogens with one attached hydrogen (secondary N) is 2. The fourth-order valence-electron chi connectivity index (χ4n) is 0.929. The highest BCUT2D eigenvalue weighted by atomic mass is 16.2. The highest BCUT2D eigenvalue weighted by molar-refractivity contribution is 5.94.